The van der Waals surface area contributed by atoms with Gasteiger partial charge >= 0.3 is 12.2 Å². The fourth-order valence-corrected chi connectivity index (χ4v) is 7.04. The third kappa shape index (κ3) is 4.94. The normalized spacial score (nSPS) is 14.5. The van der Waals surface area contributed by atoms with Gasteiger partial charge in [0.1, 0.15) is 34.8 Å². The molecule has 0 saturated heterocycles. The van der Waals surface area contributed by atoms with Crippen molar-refractivity contribution in [3.05, 3.63) is 52.1 Å². The van der Waals surface area contributed by atoms with Gasteiger partial charge in [0.05, 0.1) is 48.4 Å². The molecule has 0 fully saturated rings. The molecule has 0 bridgehead atoms. The summed E-state index contributed by atoms with van der Waals surface area (Å²) in [5.74, 6) is -0.787. The highest BCUT2D eigenvalue weighted by molar-refractivity contribution is 14.2. The zero-order chi connectivity index (χ0) is 30.8. The number of aryl methyl sites for hydroxylation is 1. The molecular formula is C26H21ClF4IN8O2P. The Morgan fingerprint density at radius 3 is 2.67 bits per heavy atom. The lowest BCUT2D eigenvalue weighted by atomic mass is 9.94. The van der Waals surface area contributed by atoms with E-state index in [0.717, 1.165) is 0 Å². The minimum atomic E-state index is -4.83. The van der Waals surface area contributed by atoms with Crippen molar-refractivity contribution < 1.29 is 27.0 Å². The molecule has 2 unspecified atom stereocenters. The highest BCUT2D eigenvalue weighted by atomic mass is 127. The third-order valence-electron chi connectivity index (χ3n) is 7.25. The zero-order valence-electron chi connectivity index (χ0n) is 22.6. The number of anilines is 2. The first kappa shape index (κ1) is 29.8. The average molecular weight is 747 g/mol. The molecule has 5 aromatic rings. The molecule has 43 heavy (non-hydrogen) atoms. The van der Waals surface area contributed by atoms with Crippen molar-refractivity contribution in [3.63, 3.8) is 0 Å². The van der Waals surface area contributed by atoms with Crippen molar-refractivity contribution in [1.82, 2.24) is 29.5 Å². The number of rotatable bonds is 5. The van der Waals surface area contributed by atoms with Crippen LogP contribution in [0.3, 0.4) is 0 Å². The second-order valence-electron chi connectivity index (χ2n) is 9.70. The van der Waals surface area contributed by atoms with Crippen LogP contribution in [0.1, 0.15) is 29.7 Å². The largest absolute Gasteiger partial charge is 0.475 e. The van der Waals surface area contributed by atoms with Gasteiger partial charge in [-0.1, -0.05) is 11.6 Å². The van der Waals surface area contributed by atoms with Crippen LogP contribution in [0.5, 0.6) is 11.9 Å². The number of hydrogen-bond donors (Lipinski definition) is 1. The summed E-state index contributed by atoms with van der Waals surface area (Å²) in [5.41, 5.74) is 4.68. The van der Waals surface area contributed by atoms with Gasteiger partial charge in [0.15, 0.2) is 5.82 Å². The van der Waals surface area contributed by atoms with E-state index in [1.807, 2.05) is 6.92 Å². The Morgan fingerprint density at radius 1 is 1.21 bits per heavy atom. The van der Waals surface area contributed by atoms with E-state index in [9.17, 15) is 13.2 Å². The summed E-state index contributed by atoms with van der Waals surface area (Å²) in [6.07, 6.45) is -2.02. The average Bonchev–Trinajstić information content (AvgIpc) is 3.28. The van der Waals surface area contributed by atoms with E-state index in [1.165, 1.54) is 32.5 Å². The number of ether oxygens (including phenoxy) is 2. The zero-order valence-corrected chi connectivity index (χ0v) is 26.5. The number of methoxy groups -OCH3 is 1. The van der Waals surface area contributed by atoms with Gasteiger partial charge in [-0.25, -0.2) is 18.8 Å². The molecule has 4 aromatic heterocycles. The lowest BCUT2D eigenvalue weighted by Gasteiger charge is -2.30. The number of nitrogen functional groups attached to an aromatic ring is 1. The topological polar surface area (TPSA) is 117 Å². The summed E-state index contributed by atoms with van der Waals surface area (Å²) < 4.78 is 73.2. The standard InChI is InChI=1S/C26H21ClF4IN8O2P/c1-10-6-15-14(9-35-40(15)43-32)16(18(10)26(29,30)31)20-19(28)21-17-23(38-25(37-21)41-3)39(4-5-42-24(17)36-20)11(2)13-7-12(27)8-34-22(13)33/h6-9,11,43H,4-5H2,1-3H3,(H2,33,34). The van der Waals surface area contributed by atoms with E-state index in [1.54, 1.807) is 15.4 Å². The Balaban J connectivity index is 1.67. The molecule has 2 N–H and O–H groups in total. The number of benzene rings is 1. The van der Waals surface area contributed by atoms with Crippen LogP contribution in [0.4, 0.5) is 29.2 Å². The Kier molecular flexibility index (Phi) is 7.62. The minimum Gasteiger partial charge on any atom is -0.475 e. The van der Waals surface area contributed by atoms with E-state index in [2.05, 4.69) is 47.1 Å². The first-order chi connectivity index (χ1) is 20.4. The second-order valence-corrected chi connectivity index (χ2v) is 12.2. The van der Waals surface area contributed by atoms with Crippen LogP contribution in [0.25, 0.3) is 33.1 Å². The number of fused-ring (bicyclic) bond motifs is 1. The fourth-order valence-electron chi connectivity index (χ4n) is 5.34. The van der Waals surface area contributed by atoms with Crippen LogP contribution in [-0.2, 0) is 6.18 Å². The summed E-state index contributed by atoms with van der Waals surface area (Å²) in [7, 11) is 1.31. The number of pyridine rings is 2. The summed E-state index contributed by atoms with van der Waals surface area (Å²) in [5, 5.41) is 4.76. The maximum atomic E-state index is 16.7. The van der Waals surface area contributed by atoms with Gasteiger partial charge in [-0.2, -0.15) is 28.2 Å². The molecule has 224 valence electrons. The Hall–Kier alpha value is -3.30. The van der Waals surface area contributed by atoms with Gasteiger partial charge in [-0.15, -0.1) is 0 Å². The lowest BCUT2D eigenvalue weighted by Crippen LogP contribution is -2.31. The molecule has 6 rings (SSSR count). The molecule has 0 spiro atoms. The van der Waals surface area contributed by atoms with Crippen LogP contribution >= 0.6 is 40.0 Å². The molecule has 5 heterocycles. The van der Waals surface area contributed by atoms with Gasteiger partial charge < -0.3 is 20.1 Å². The molecule has 0 radical (unpaired) electrons. The number of aromatic nitrogens is 6. The fraction of sp³-hybridized carbons (Fsp3) is 0.269. The maximum absolute atomic E-state index is 16.7. The van der Waals surface area contributed by atoms with E-state index >= 15 is 4.39 Å². The monoisotopic (exact) mass is 746 g/mol. The Labute approximate surface area is 261 Å². The van der Waals surface area contributed by atoms with Gasteiger partial charge in [0.25, 0.3) is 0 Å². The van der Waals surface area contributed by atoms with Crippen molar-refractivity contribution >= 4 is 73.5 Å². The number of hydrogen-bond acceptors (Lipinski definition) is 9. The van der Waals surface area contributed by atoms with Crippen LogP contribution in [0.15, 0.2) is 24.5 Å². The minimum absolute atomic E-state index is 0.0351. The Bertz CT molecular complexity index is 1930. The molecule has 17 heteroatoms. The highest BCUT2D eigenvalue weighted by Crippen LogP contribution is 2.48. The first-order valence-corrected chi connectivity index (χ1v) is 17.1. The number of alkyl halides is 3. The van der Waals surface area contributed by atoms with Crippen molar-refractivity contribution in [3.8, 4) is 23.1 Å². The molecule has 10 nitrogen and oxygen atoms in total. The lowest BCUT2D eigenvalue weighted by molar-refractivity contribution is -0.137. The molecule has 1 aliphatic heterocycles. The number of halogens is 6. The summed E-state index contributed by atoms with van der Waals surface area (Å²) in [4.78, 5) is 19.0. The molecule has 0 aliphatic carbocycles. The molecule has 1 aliphatic rings. The second kappa shape index (κ2) is 11.0. The first-order valence-electron chi connectivity index (χ1n) is 12.7. The van der Waals surface area contributed by atoms with E-state index in [-0.39, 0.29) is 64.9 Å². The summed E-state index contributed by atoms with van der Waals surface area (Å²) in [6.45, 7) is 3.41. The Morgan fingerprint density at radius 2 is 1.98 bits per heavy atom. The van der Waals surface area contributed by atoms with Gasteiger partial charge in [0, 0.05) is 22.7 Å². The predicted molar refractivity (Wildman–Crippen MR) is 165 cm³/mol. The maximum Gasteiger partial charge on any atom is 0.417 e. The quantitative estimate of drug-likeness (QED) is 0.117. The van der Waals surface area contributed by atoms with Crippen LogP contribution in [0, 0.1) is 12.7 Å². The van der Waals surface area contributed by atoms with Crippen LogP contribution in [-0.4, -0.2) is 49.7 Å². The number of nitrogens with two attached hydrogens (primary N) is 1. The van der Waals surface area contributed by atoms with E-state index in [4.69, 9.17) is 26.8 Å². The van der Waals surface area contributed by atoms with Crippen LogP contribution in [0.2, 0.25) is 5.02 Å². The van der Waals surface area contributed by atoms with Crippen molar-refractivity contribution in [2.24, 2.45) is 0 Å². The predicted octanol–water partition coefficient (Wildman–Crippen LogP) is 6.90. The van der Waals surface area contributed by atoms with Gasteiger partial charge in [-0.3, -0.25) is 0 Å². The van der Waals surface area contributed by atoms with Crippen molar-refractivity contribution in [1.29, 1.82) is 0 Å². The van der Waals surface area contributed by atoms with Gasteiger partial charge in [0.2, 0.25) is 5.88 Å². The van der Waals surface area contributed by atoms with E-state index in [0.29, 0.717) is 16.1 Å². The highest BCUT2D eigenvalue weighted by Gasteiger charge is 2.40. The van der Waals surface area contributed by atoms with Crippen molar-refractivity contribution in [2.75, 3.05) is 30.9 Å². The molecule has 1 aromatic carbocycles. The SMILES string of the molecule is COc1nc2c3c(nc(-c4c(C(F)(F)F)c(C)cc5c4cnn5PI)c(F)c3n1)OCCN2C(C)c1cc(Cl)cnc1N. The summed E-state index contributed by atoms with van der Waals surface area (Å²) in [6, 6.07) is 2.37. The smallest absolute Gasteiger partial charge is 0.417 e. The molecule has 0 amide bonds. The molecule has 2 atom stereocenters. The number of nitrogens with zero attached hydrogens (tertiary/aromatic N) is 7. The summed E-state index contributed by atoms with van der Waals surface area (Å²) >= 11 is 8.26. The van der Waals surface area contributed by atoms with E-state index < -0.39 is 34.9 Å². The molecular weight excluding hydrogens is 726 g/mol. The van der Waals surface area contributed by atoms with Crippen LogP contribution < -0.4 is 20.1 Å². The molecule has 0 saturated carbocycles. The van der Waals surface area contributed by atoms with Gasteiger partial charge in [-0.05, 0) is 53.6 Å². The third-order valence-corrected chi connectivity index (χ3v) is 9.34. The van der Waals surface area contributed by atoms with Crippen molar-refractivity contribution in [2.45, 2.75) is 26.1 Å².